The molecule has 0 saturated heterocycles. The van der Waals surface area contributed by atoms with E-state index in [2.05, 4.69) is 34.9 Å². The molecule has 0 radical (unpaired) electrons. The normalized spacial score (nSPS) is 31.0. The first-order valence-corrected chi connectivity index (χ1v) is 15.8. The molecule has 0 bridgehead atoms. The van der Waals surface area contributed by atoms with Crippen LogP contribution in [0.5, 0.6) is 0 Å². The Morgan fingerprint density at radius 3 is 1.88 bits per heavy atom. The van der Waals surface area contributed by atoms with Crippen LogP contribution >= 0.6 is 0 Å². The second kappa shape index (κ2) is 6.95. The Kier molecular flexibility index (Phi) is 4.87. The third-order valence-electron chi connectivity index (χ3n) is 6.97. The summed E-state index contributed by atoms with van der Waals surface area (Å²) < 4.78 is 4.70. The van der Waals surface area contributed by atoms with Crippen molar-refractivity contribution in [2.75, 3.05) is 0 Å². The number of allylic oxidation sites excluding steroid dienone is 8. The molecule has 0 aromatic carbocycles. The van der Waals surface area contributed by atoms with Crippen LogP contribution in [0.3, 0.4) is 0 Å². The molecule has 0 aromatic heterocycles. The first-order chi connectivity index (χ1) is 11.8. The van der Waals surface area contributed by atoms with E-state index in [4.69, 9.17) is 0 Å². The van der Waals surface area contributed by atoms with Crippen molar-refractivity contribution in [3.63, 3.8) is 0 Å². The second-order valence-corrected chi connectivity index (χ2v) is 18.9. The molecule has 1 nitrogen and oxygen atoms in total. The van der Waals surface area contributed by atoms with Gasteiger partial charge in [-0.3, -0.25) is 0 Å². The molecule has 0 spiro atoms. The van der Waals surface area contributed by atoms with Gasteiger partial charge >= 0.3 is 151 Å². The monoisotopic (exact) mass is 399 g/mol. The summed E-state index contributed by atoms with van der Waals surface area (Å²) in [4.78, 5) is 11.8. The van der Waals surface area contributed by atoms with Crippen molar-refractivity contribution < 1.29 is 24.6 Å². The molecule has 0 fully saturated rings. The van der Waals surface area contributed by atoms with Gasteiger partial charge in [0.1, 0.15) is 0 Å². The van der Waals surface area contributed by atoms with E-state index in [0.29, 0.717) is 7.25 Å². The minimum atomic E-state index is -2.85. The molecule has 0 amide bonds. The van der Waals surface area contributed by atoms with Crippen molar-refractivity contribution in [3.8, 4) is 0 Å². The third kappa shape index (κ3) is 2.61. The van der Waals surface area contributed by atoms with Crippen molar-refractivity contribution in [2.45, 2.75) is 69.7 Å². The van der Waals surface area contributed by atoms with Crippen LogP contribution in [0.25, 0.3) is 0 Å². The van der Waals surface area contributed by atoms with E-state index >= 15 is 0 Å². The van der Waals surface area contributed by atoms with Crippen LogP contribution < -0.4 is 0 Å². The van der Waals surface area contributed by atoms with Gasteiger partial charge in [0, 0.05) is 0 Å². The molecule has 24 heavy (non-hydrogen) atoms. The zero-order valence-electron chi connectivity index (χ0n) is 14.9. The van der Waals surface area contributed by atoms with E-state index in [1.54, 1.807) is 22.3 Å². The van der Waals surface area contributed by atoms with Crippen LogP contribution in [0, 0.1) is 0 Å². The standard InChI is InChI=1S/2C9H11.C2H3O.C2H4.Zr/c2*1-2-5-9-7-3-6-8(9)4-1;1-2-3;1-2;/h2*3,6-7H,1-2,4-5H2;2H,1H2;1H,2H3;. The molecule has 0 heterocycles. The van der Waals surface area contributed by atoms with Crippen LogP contribution in [0.2, 0.25) is 11.4 Å². The number of hydrogen-bond acceptors (Lipinski definition) is 1. The molecule has 4 aliphatic carbocycles. The molecular formula is C22H29OZr. The van der Waals surface area contributed by atoms with Gasteiger partial charge in [-0.25, -0.2) is 0 Å². The van der Waals surface area contributed by atoms with Gasteiger partial charge in [-0.15, -0.1) is 0 Å². The van der Waals surface area contributed by atoms with Crippen molar-refractivity contribution >= 4 is 10.00 Å². The summed E-state index contributed by atoms with van der Waals surface area (Å²) in [6.07, 6.45) is 21.6. The molecule has 4 rings (SSSR count). The Morgan fingerprint density at radius 1 is 0.917 bits per heavy atom. The number of carbonyl (C=O) groups excluding carboxylic acids is 1. The van der Waals surface area contributed by atoms with Crippen molar-refractivity contribution in [1.29, 1.82) is 0 Å². The van der Waals surface area contributed by atoms with E-state index < -0.39 is 19.8 Å². The Balaban J connectivity index is 1.79. The van der Waals surface area contributed by atoms with Gasteiger partial charge in [0.05, 0.1) is 0 Å². The molecule has 2 heteroatoms. The quantitative estimate of drug-likeness (QED) is 0.526. The van der Waals surface area contributed by atoms with Crippen LogP contribution in [0.4, 0.5) is 0 Å². The number of carbonyl (C=O) groups is 1. The summed E-state index contributed by atoms with van der Waals surface area (Å²) >= 11 is -2.85. The fourth-order valence-corrected chi connectivity index (χ4v) is 18.0. The Morgan fingerprint density at radius 2 is 1.42 bits per heavy atom. The van der Waals surface area contributed by atoms with Crippen molar-refractivity contribution in [3.05, 3.63) is 46.6 Å². The fraction of sp³-hybridized carbons (Fsp3) is 0.545. The summed E-state index contributed by atoms with van der Waals surface area (Å²) in [5.41, 5.74) is 6.71. The topological polar surface area (TPSA) is 17.1 Å². The second-order valence-electron chi connectivity index (χ2n) is 7.96. The fourth-order valence-electron chi connectivity index (χ4n) is 5.73. The molecule has 0 saturated carbocycles. The Labute approximate surface area is 150 Å². The van der Waals surface area contributed by atoms with Crippen LogP contribution in [0.15, 0.2) is 46.6 Å². The van der Waals surface area contributed by atoms with E-state index in [1.807, 2.05) is 0 Å². The van der Waals surface area contributed by atoms with Gasteiger partial charge in [-0.1, -0.05) is 0 Å². The summed E-state index contributed by atoms with van der Waals surface area (Å²) in [5, 5.41) is 0. The number of aldehydes is 1. The van der Waals surface area contributed by atoms with Gasteiger partial charge in [0.25, 0.3) is 0 Å². The molecule has 2 unspecified atom stereocenters. The number of rotatable bonds is 4. The van der Waals surface area contributed by atoms with Crippen LogP contribution in [-0.2, 0) is 24.6 Å². The van der Waals surface area contributed by atoms with Gasteiger partial charge in [0.15, 0.2) is 0 Å². The predicted molar refractivity (Wildman–Crippen MR) is 99.4 cm³/mol. The van der Waals surface area contributed by atoms with Gasteiger partial charge in [-0.05, 0) is 0 Å². The molecule has 0 N–H and O–H groups in total. The average Bonchev–Trinajstić information content (AvgIpc) is 3.25. The average molecular weight is 401 g/mol. The molecule has 127 valence electrons. The van der Waals surface area contributed by atoms with Gasteiger partial charge < -0.3 is 0 Å². The van der Waals surface area contributed by atoms with Crippen LogP contribution in [0.1, 0.15) is 58.3 Å². The maximum absolute atomic E-state index is 11.8. The zero-order chi connectivity index (χ0) is 16.6. The SMILES string of the molecule is C[CH]=[Zr]([CH2]C=O)([CH]1C=CC2=C1CCCC2)[CH]1C=CC2=C1CCCC2. The molecular weight excluding hydrogens is 371 g/mol. The number of hydrogen-bond donors (Lipinski definition) is 0. The first-order valence-electron chi connectivity index (χ1n) is 9.84. The molecule has 0 aromatic rings. The molecule has 4 aliphatic rings. The van der Waals surface area contributed by atoms with Crippen LogP contribution in [-0.4, -0.2) is 10.00 Å². The van der Waals surface area contributed by atoms with E-state index in [-0.39, 0.29) is 0 Å². The first kappa shape index (κ1) is 16.8. The third-order valence-corrected chi connectivity index (χ3v) is 20.1. The zero-order valence-corrected chi connectivity index (χ0v) is 17.3. The van der Waals surface area contributed by atoms with Crippen molar-refractivity contribution in [2.24, 2.45) is 0 Å². The summed E-state index contributed by atoms with van der Waals surface area (Å²) in [7, 11) is 0. The Bertz CT molecular complexity index is 664. The maximum atomic E-state index is 11.8. The predicted octanol–water partition coefficient (Wildman–Crippen LogP) is 6.04. The van der Waals surface area contributed by atoms with Gasteiger partial charge in [0.2, 0.25) is 0 Å². The summed E-state index contributed by atoms with van der Waals surface area (Å²) in [5.74, 6) is 0. The van der Waals surface area contributed by atoms with E-state index in [0.717, 1.165) is 4.13 Å². The minimum absolute atomic E-state index is 0.633. The van der Waals surface area contributed by atoms with E-state index in [1.165, 1.54) is 57.7 Å². The summed E-state index contributed by atoms with van der Waals surface area (Å²) in [6, 6.07) is 0. The molecule has 0 aliphatic heterocycles. The van der Waals surface area contributed by atoms with Crippen molar-refractivity contribution in [1.82, 2.24) is 0 Å². The summed E-state index contributed by atoms with van der Waals surface area (Å²) in [6.45, 7) is 2.28. The Hall–Kier alpha value is -0.617. The van der Waals surface area contributed by atoms with E-state index in [9.17, 15) is 4.79 Å². The molecule has 2 atom stereocenters. The van der Waals surface area contributed by atoms with Gasteiger partial charge in [-0.2, -0.15) is 0 Å².